The van der Waals surface area contributed by atoms with Gasteiger partial charge in [-0.25, -0.2) is 0 Å². The Bertz CT molecular complexity index is 276. The van der Waals surface area contributed by atoms with Crippen molar-refractivity contribution in [2.24, 2.45) is 5.73 Å². The summed E-state index contributed by atoms with van der Waals surface area (Å²) in [5, 5.41) is 4.45. The van der Waals surface area contributed by atoms with E-state index in [1.807, 2.05) is 6.20 Å². The molecule has 1 heterocycles. The summed E-state index contributed by atoms with van der Waals surface area (Å²) in [6, 6.07) is 0. The SMILES string of the molecule is CCCn1ncc(CCN)c1C1CC1. The molecule has 0 bridgehead atoms. The van der Waals surface area contributed by atoms with Crippen molar-refractivity contribution in [1.82, 2.24) is 9.78 Å². The summed E-state index contributed by atoms with van der Waals surface area (Å²) in [4.78, 5) is 0. The van der Waals surface area contributed by atoms with Gasteiger partial charge in [-0.2, -0.15) is 5.10 Å². The van der Waals surface area contributed by atoms with Gasteiger partial charge in [-0.15, -0.1) is 0 Å². The van der Waals surface area contributed by atoms with Crippen LogP contribution < -0.4 is 5.73 Å². The third kappa shape index (κ3) is 1.82. The molecular formula is C11H19N3. The Hall–Kier alpha value is -0.830. The second-order valence-electron chi connectivity index (χ2n) is 4.09. The minimum absolute atomic E-state index is 0.734. The summed E-state index contributed by atoms with van der Waals surface area (Å²) in [7, 11) is 0. The zero-order chi connectivity index (χ0) is 9.97. The molecule has 0 saturated heterocycles. The summed E-state index contributed by atoms with van der Waals surface area (Å²) in [5.74, 6) is 0.783. The molecule has 0 unspecified atom stereocenters. The van der Waals surface area contributed by atoms with Gasteiger partial charge in [-0.1, -0.05) is 6.92 Å². The second-order valence-corrected chi connectivity index (χ2v) is 4.09. The zero-order valence-corrected chi connectivity index (χ0v) is 8.87. The van der Waals surface area contributed by atoms with E-state index < -0.39 is 0 Å². The summed E-state index contributed by atoms with van der Waals surface area (Å²) in [5.41, 5.74) is 8.44. The Morgan fingerprint density at radius 2 is 2.36 bits per heavy atom. The van der Waals surface area contributed by atoms with Crippen molar-refractivity contribution in [3.05, 3.63) is 17.5 Å². The van der Waals surface area contributed by atoms with Crippen molar-refractivity contribution >= 4 is 0 Å². The van der Waals surface area contributed by atoms with Crippen molar-refractivity contribution in [3.8, 4) is 0 Å². The lowest BCUT2D eigenvalue weighted by Crippen LogP contribution is -2.07. The van der Waals surface area contributed by atoms with Gasteiger partial charge in [0.1, 0.15) is 0 Å². The Kier molecular flexibility index (Phi) is 2.87. The summed E-state index contributed by atoms with van der Waals surface area (Å²) in [6.45, 7) is 3.98. The van der Waals surface area contributed by atoms with Crippen LogP contribution in [0.15, 0.2) is 6.20 Å². The smallest absolute Gasteiger partial charge is 0.0525 e. The molecule has 1 aliphatic rings. The van der Waals surface area contributed by atoms with Crippen LogP contribution in [0.3, 0.4) is 0 Å². The zero-order valence-electron chi connectivity index (χ0n) is 8.87. The lowest BCUT2D eigenvalue weighted by Gasteiger charge is -2.06. The van der Waals surface area contributed by atoms with Crippen LogP contribution in [0.4, 0.5) is 0 Å². The van der Waals surface area contributed by atoms with Crippen LogP contribution in [0.5, 0.6) is 0 Å². The molecule has 0 atom stereocenters. The Labute approximate surface area is 85.3 Å². The van der Waals surface area contributed by atoms with E-state index in [-0.39, 0.29) is 0 Å². The monoisotopic (exact) mass is 193 g/mol. The van der Waals surface area contributed by atoms with Crippen LogP contribution in [-0.2, 0) is 13.0 Å². The van der Waals surface area contributed by atoms with Crippen molar-refractivity contribution in [2.45, 2.75) is 45.1 Å². The van der Waals surface area contributed by atoms with Gasteiger partial charge in [-0.3, -0.25) is 4.68 Å². The number of nitrogens with two attached hydrogens (primary N) is 1. The lowest BCUT2D eigenvalue weighted by molar-refractivity contribution is 0.573. The summed E-state index contributed by atoms with van der Waals surface area (Å²) < 4.78 is 2.18. The van der Waals surface area contributed by atoms with Gasteiger partial charge in [-0.05, 0) is 37.8 Å². The minimum Gasteiger partial charge on any atom is -0.330 e. The van der Waals surface area contributed by atoms with Crippen LogP contribution in [0.2, 0.25) is 0 Å². The molecule has 0 radical (unpaired) electrons. The first-order valence-corrected chi connectivity index (χ1v) is 5.61. The largest absolute Gasteiger partial charge is 0.330 e. The molecule has 2 N–H and O–H groups in total. The van der Waals surface area contributed by atoms with Gasteiger partial charge < -0.3 is 5.73 Å². The Morgan fingerprint density at radius 1 is 1.57 bits per heavy atom. The fraction of sp³-hybridized carbons (Fsp3) is 0.727. The minimum atomic E-state index is 0.734. The highest BCUT2D eigenvalue weighted by atomic mass is 15.3. The molecule has 1 fully saturated rings. The van der Waals surface area contributed by atoms with Crippen LogP contribution in [0, 0.1) is 0 Å². The first-order chi connectivity index (χ1) is 6.86. The molecule has 2 rings (SSSR count). The average Bonchev–Trinajstić information content (AvgIpc) is 2.93. The molecule has 1 aromatic heterocycles. The third-order valence-electron chi connectivity index (χ3n) is 2.77. The number of aromatic nitrogens is 2. The molecule has 3 heteroatoms. The lowest BCUT2D eigenvalue weighted by atomic mass is 10.1. The van der Waals surface area contributed by atoms with Crippen LogP contribution in [-0.4, -0.2) is 16.3 Å². The topological polar surface area (TPSA) is 43.8 Å². The Balaban J connectivity index is 2.22. The van der Waals surface area contributed by atoms with E-state index in [9.17, 15) is 0 Å². The highest BCUT2D eigenvalue weighted by Gasteiger charge is 2.29. The van der Waals surface area contributed by atoms with Gasteiger partial charge in [0.25, 0.3) is 0 Å². The van der Waals surface area contributed by atoms with Gasteiger partial charge in [0.15, 0.2) is 0 Å². The van der Waals surface area contributed by atoms with E-state index >= 15 is 0 Å². The van der Waals surface area contributed by atoms with E-state index in [4.69, 9.17) is 5.73 Å². The molecule has 78 valence electrons. The highest BCUT2D eigenvalue weighted by Crippen LogP contribution is 2.41. The number of nitrogens with zero attached hydrogens (tertiary/aromatic N) is 2. The average molecular weight is 193 g/mol. The van der Waals surface area contributed by atoms with E-state index in [0.29, 0.717) is 0 Å². The Morgan fingerprint density at radius 3 is 2.93 bits per heavy atom. The van der Waals surface area contributed by atoms with Crippen LogP contribution in [0.1, 0.15) is 43.4 Å². The number of rotatable bonds is 5. The van der Waals surface area contributed by atoms with E-state index in [2.05, 4.69) is 16.7 Å². The molecule has 1 aromatic rings. The summed E-state index contributed by atoms with van der Waals surface area (Å²) in [6.07, 6.45) is 6.83. The standard InChI is InChI=1S/C11H19N3/c1-2-7-14-11(9-3-4-9)10(5-6-12)8-13-14/h8-9H,2-7,12H2,1H3. The number of hydrogen-bond donors (Lipinski definition) is 1. The first-order valence-electron chi connectivity index (χ1n) is 5.61. The van der Waals surface area contributed by atoms with Crippen molar-refractivity contribution in [2.75, 3.05) is 6.54 Å². The molecule has 1 saturated carbocycles. The summed E-state index contributed by atoms with van der Waals surface area (Å²) >= 11 is 0. The first kappa shape index (κ1) is 9.71. The normalized spacial score (nSPS) is 16.1. The van der Waals surface area contributed by atoms with Gasteiger partial charge in [0.2, 0.25) is 0 Å². The quantitative estimate of drug-likeness (QED) is 0.773. The van der Waals surface area contributed by atoms with E-state index in [1.165, 1.54) is 24.1 Å². The van der Waals surface area contributed by atoms with Crippen LogP contribution in [0.25, 0.3) is 0 Å². The second kappa shape index (κ2) is 4.13. The molecule has 1 aliphatic carbocycles. The van der Waals surface area contributed by atoms with Crippen molar-refractivity contribution in [1.29, 1.82) is 0 Å². The maximum Gasteiger partial charge on any atom is 0.0525 e. The fourth-order valence-corrected chi connectivity index (χ4v) is 2.00. The number of hydrogen-bond acceptors (Lipinski definition) is 2. The van der Waals surface area contributed by atoms with Crippen molar-refractivity contribution in [3.63, 3.8) is 0 Å². The molecule has 14 heavy (non-hydrogen) atoms. The van der Waals surface area contributed by atoms with Crippen LogP contribution >= 0.6 is 0 Å². The number of aryl methyl sites for hydroxylation is 1. The van der Waals surface area contributed by atoms with E-state index in [1.54, 1.807) is 0 Å². The highest BCUT2D eigenvalue weighted by molar-refractivity contribution is 5.26. The molecule has 0 spiro atoms. The van der Waals surface area contributed by atoms with Gasteiger partial charge in [0.05, 0.1) is 6.20 Å². The predicted molar refractivity (Wildman–Crippen MR) is 57.3 cm³/mol. The fourth-order valence-electron chi connectivity index (χ4n) is 2.00. The third-order valence-corrected chi connectivity index (χ3v) is 2.77. The molecular weight excluding hydrogens is 174 g/mol. The molecule has 0 amide bonds. The predicted octanol–water partition coefficient (Wildman–Crippen LogP) is 1.67. The van der Waals surface area contributed by atoms with Gasteiger partial charge in [0, 0.05) is 18.2 Å². The maximum absolute atomic E-state index is 5.60. The molecule has 3 nitrogen and oxygen atoms in total. The maximum atomic E-state index is 5.60. The van der Waals surface area contributed by atoms with Crippen molar-refractivity contribution < 1.29 is 0 Å². The molecule has 0 aromatic carbocycles. The molecule has 0 aliphatic heterocycles. The van der Waals surface area contributed by atoms with E-state index in [0.717, 1.165) is 31.8 Å². The van der Waals surface area contributed by atoms with Gasteiger partial charge >= 0.3 is 0 Å².